The third-order valence-corrected chi connectivity index (χ3v) is 3.88. The van der Waals surface area contributed by atoms with E-state index in [1.54, 1.807) is 25.3 Å². The number of hydrogen-bond donors (Lipinski definition) is 2. The lowest BCUT2D eigenvalue weighted by Crippen LogP contribution is -2.27. The summed E-state index contributed by atoms with van der Waals surface area (Å²) in [5, 5.41) is 2.95. The topological polar surface area (TPSA) is 64.3 Å². The van der Waals surface area contributed by atoms with Gasteiger partial charge in [0.15, 0.2) is 0 Å². The first-order chi connectivity index (χ1) is 10.0. The molecule has 0 bridgehead atoms. The largest absolute Gasteiger partial charge is 0.496 e. The number of anilines is 1. The summed E-state index contributed by atoms with van der Waals surface area (Å²) in [4.78, 5) is 12.4. The van der Waals surface area contributed by atoms with Crippen molar-refractivity contribution in [3.8, 4) is 5.75 Å². The first kappa shape index (κ1) is 15.4. The summed E-state index contributed by atoms with van der Waals surface area (Å²) in [7, 11) is 1.61. The van der Waals surface area contributed by atoms with Gasteiger partial charge in [0, 0.05) is 15.7 Å². The normalized spacial score (nSPS) is 11.8. The van der Waals surface area contributed by atoms with Gasteiger partial charge in [0.05, 0.1) is 18.7 Å². The Bertz CT molecular complexity index is 658. The molecule has 5 heteroatoms. The molecule has 1 amide bonds. The van der Waals surface area contributed by atoms with Gasteiger partial charge in [-0.15, -0.1) is 0 Å². The molecule has 0 heterocycles. The number of rotatable bonds is 4. The lowest BCUT2D eigenvalue weighted by atomic mass is 10.1. The number of methoxy groups -OCH3 is 1. The van der Waals surface area contributed by atoms with Crippen molar-refractivity contribution in [2.24, 2.45) is 0 Å². The number of nitrogen functional groups attached to an aromatic ring is 1. The zero-order valence-corrected chi connectivity index (χ0v) is 13.5. The van der Waals surface area contributed by atoms with Gasteiger partial charge in [-0.1, -0.05) is 18.2 Å². The molecule has 2 aromatic rings. The molecule has 0 aromatic heterocycles. The fourth-order valence-corrected chi connectivity index (χ4v) is 2.52. The van der Waals surface area contributed by atoms with Crippen LogP contribution >= 0.6 is 15.9 Å². The van der Waals surface area contributed by atoms with Gasteiger partial charge in [-0.05, 0) is 47.1 Å². The molecule has 0 spiro atoms. The summed E-state index contributed by atoms with van der Waals surface area (Å²) in [5.74, 6) is 0.560. The van der Waals surface area contributed by atoms with Crippen LogP contribution in [0, 0.1) is 0 Å². The summed E-state index contributed by atoms with van der Waals surface area (Å²) in [6.07, 6.45) is 0. The zero-order valence-electron chi connectivity index (χ0n) is 11.9. The van der Waals surface area contributed by atoms with E-state index in [1.165, 1.54) is 0 Å². The number of carbonyl (C=O) groups excluding carboxylic acids is 1. The van der Waals surface area contributed by atoms with Crippen LogP contribution in [-0.4, -0.2) is 13.0 Å². The second-order valence-electron chi connectivity index (χ2n) is 4.68. The summed E-state index contributed by atoms with van der Waals surface area (Å²) in [6, 6.07) is 12.6. The fraction of sp³-hybridized carbons (Fsp3) is 0.188. The van der Waals surface area contributed by atoms with E-state index >= 15 is 0 Å². The van der Waals surface area contributed by atoms with Crippen LogP contribution in [0.4, 0.5) is 5.69 Å². The molecule has 0 saturated heterocycles. The highest BCUT2D eigenvalue weighted by molar-refractivity contribution is 9.10. The number of para-hydroxylation sites is 1. The van der Waals surface area contributed by atoms with Gasteiger partial charge in [0.2, 0.25) is 0 Å². The van der Waals surface area contributed by atoms with E-state index in [0.29, 0.717) is 15.7 Å². The molecular formula is C16H17BrN2O2. The highest BCUT2D eigenvalue weighted by atomic mass is 79.9. The third kappa shape index (κ3) is 3.55. The minimum absolute atomic E-state index is 0.179. The Kier molecular flexibility index (Phi) is 4.85. The third-order valence-electron chi connectivity index (χ3n) is 3.19. The van der Waals surface area contributed by atoms with Gasteiger partial charge < -0.3 is 15.8 Å². The first-order valence-electron chi connectivity index (χ1n) is 6.51. The van der Waals surface area contributed by atoms with Crippen molar-refractivity contribution in [2.75, 3.05) is 12.8 Å². The maximum atomic E-state index is 12.4. The summed E-state index contributed by atoms with van der Waals surface area (Å²) < 4.78 is 6.03. The SMILES string of the molecule is COc1ccccc1[C@@H](C)NC(=O)c1cc(N)ccc1Br. The van der Waals surface area contributed by atoms with Crippen molar-refractivity contribution in [3.63, 3.8) is 0 Å². The minimum Gasteiger partial charge on any atom is -0.496 e. The van der Waals surface area contributed by atoms with Gasteiger partial charge >= 0.3 is 0 Å². The quantitative estimate of drug-likeness (QED) is 0.830. The smallest absolute Gasteiger partial charge is 0.252 e. The van der Waals surface area contributed by atoms with Crippen LogP contribution in [0.1, 0.15) is 28.9 Å². The summed E-state index contributed by atoms with van der Waals surface area (Å²) >= 11 is 3.36. The summed E-state index contributed by atoms with van der Waals surface area (Å²) in [5.41, 5.74) is 7.72. The number of amides is 1. The molecule has 0 aliphatic rings. The molecule has 3 N–H and O–H groups in total. The number of nitrogens with two attached hydrogens (primary N) is 1. The van der Waals surface area contributed by atoms with Crippen molar-refractivity contribution >= 4 is 27.5 Å². The van der Waals surface area contributed by atoms with E-state index in [-0.39, 0.29) is 11.9 Å². The molecule has 21 heavy (non-hydrogen) atoms. The van der Waals surface area contributed by atoms with Gasteiger partial charge in [0.25, 0.3) is 5.91 Å². The fourth-order valence-electron chi connectivity index (χ4n) is 2.09. The van der Waals surface area contributed by atoms with E-state index in [0.717, 1.165) is 11.3 Å². The molecule has 0 aliphatic heterocycles. The Morgan fingerprint density at radius 2 is 2.00 bits per heavy atom. The monoisotopic (exact) mass is 348 g/mol. The number of benzene rings is 2. The molecule has 0 fully saturated rings. The van der Waals surface area contributed by atoms with Crippen molar-refractivity contribution < 1.29 is 9.53 Å². The Labute approximate surface area is 132 Å². The standard InChI is InChI=1S/C16H17BrN2O2/c1-10(12-5-3-4-6-15(12)21-2)19-16(20)13-9-11(18)7-8-14(13)17/h3-10H,18H2,1-2H3,(H,19,20)/t10-/m1/s1. The van der Waals surface area contributed by atoms with Crippen molar-refractivity contribution in [3.05, 3.63) is 58.1 Å². The molecule has 110 valence electrons. The predicted molar refractivity (Wildman–Crippen MR) is 87.4 cm³/mol. The van der Waals surface area contributed by atoms with Gasteiger partial charge in [-0.3, -0.25) is 4.79 Å². The molecular weight excluding hydrogens is 332 g/mol. The zero-order chi connectivity index (χ0) is 15.4. The number of ether oxygens (including phenoxy) is 1. The van der Waals surface area contributed by atoms with Crippen LogP contribution in [0.15, 0.2) is 46.9 Å². The van der Waals surface area contributed by atoms with Crippen molar-refractivity contribution in [1.29, 1.82) is 0 Å². The second-order valence-corrected chi connectivity index (χ2v) is 5.53. The molecule has 0 radical (unpaired) electrons. The maximum absolute atomic E-state index is 12.4. The van der Waals surface area contributed by atoms with Crippen LogP contribution in [0.2, 0.25) is 0 Å². The lowest BCUT2D eigenvalue weighted by Gasteiger charge is -2.17. The van der Waals surface area contributed by atoms with Gasteiger partial charge in [-0.2, -0.15) is 0 Å². The number of carbonyl (C=O) groups is 1. The Hall–Kier alpha value is -2.01. The van der Waals surface area contributed by atoms with E-state index in [4.69, 9.17) is 10.5 Å². The molecule has 4 nitrogen and oxygen atoms in total. The van der Waals surface area contributed by atoms with E-state index < -0.39 is 0 Å². The minimum atomic E-state index is -0.187. The Balaban J connectivity index is 2.21. The Morgan fingerprint density at radius 3 is 2.71 bits per heavy atom. The van der Waals surface area contributed by atoms with Gasteiger partial charge in [0.1, 0.15) is 5.75 Å². The van der Waals surface area contributed by atoms with Gasteiger partial charge in [-0.25, -0.2) is 0 Å². The van der Waals surface area contributed by atoms with E-state index in [2.05, 4.69) is 21.2 Å². The Morgan fingerprint density at radius 1 is 1.29 bits per heavy atom. The lowest BCUT2D eigenvalue weighted by molar-refractivity contribution is 0.0939. The molecule has 0 aliphatic carbocycles. The van der Waals surface area contributed by atoms with Crippen LogP contribution in [0.5, 0.6) is 5.75 Å². The molecule has 0 saturated carbocycles. The highest BCUT2D eigenvalue weighted by Gasteiger charge is 2.16. The number of nitrogens with one attached hydrogen (secondary N) is 1. The van der Waals surface area contributed by atoms with Crippen LogP contribution in [0.25, 0.3) is 0 Å². The predicted octanol–water partition coefficient (Wildman–Crippen LogP) is 3.53. The van der Waals surface area contributed by atoms with Crippen LogP contribution in [-0.2, 0) is 0 Å². The molecule has 2 aromatic carbocycles. The van der Waals surface area contributed by atoms with Crippen molar-refractivity contribution in [2.45, 2.75) is 13.0 Å². The summed E-state index contributed by atoms with van der Waals surface area (Å²) in [6.45, 7) is 1.91. The highest BCUT2D eigenvalue weighted by Crippen LogP contribution is 2.25. The van der Waals surface area contributed by atoms with Crippen molar-refractivity contribution in [1.82, 2.24) is 5.32 Å². The average molecular weight is 349 g/mol. The van der Waals surface area contributed by atoms with Crippen LogP contribution < -0.4 is 15.8 Å². The molecule has 2 rings (SSSR count). The molecule has 0 unspecified atom stereocenters. The van der Waals surface area contributed by atoms with E-state index in [1.807, 2.05) is 31.2 Å². The average Bonchev–Trinajstić information content (AvgIpc) is 2.49. The number of hydrogen-bond acceptors (Lipinski definition) is 3. The second kappa shape index (κ2) is 6.63. The first-order valence-corrected chi connectivity index (χ1v) is 7.31. The molecule has 1 atom stereocenters. The number of halogens is 1. The van der Waals surface area contributed by atoms with E-state index in [9.17, 15) is 4.79 Å². The maximum Gasteiger partial charge on any atom is 0.252 e. The van der Waals surface area contributed by atoms with Crippen LogP contribution in [0.3, 0.4) is 0 Å².